The number of pyridine rings is 2. The SMILES string of the molecule is Cc1cnn(C)c1-c1cnc2c3cc(F)c(C(C)(O)C4CC4)cc3n([C@H](c3ccccc3F)C3CCOCC3)c2c1.Cc1cnn(C)c1-c1cnc2c3cc(F)c(C(C)(O)C4CC4)cc3n([C@H](c3ccccc3F)C3CCOCC3)c2c1. The van der Waals surface area contributed by atoms with E-state index in [2.05, 4.69) is 31.5 Å². The van der Waals surface area contributed by atoms with Gasteiger partial charge in [0, 0.05) is 97.1 Å². The van der Waals surface area contributed by atoms with E-state index in [4.69, 9.17) is 19.4 Å². The Morgan fingerprint density at radius 1 is 0.500 bits per heavy atom. The first-order valence-corrected chi connectivity index (χ1v) is 28.9. The molecule has 82 heavy (non-hydrogen) atoms. The normalized spacial score (nSPS) is 18.7. The molecule has 0 bridgehead atoms. The lowest BCUT2D eigenvalue weighted by Gasteiger charge is -2.33. The topological polar surface area (TPSA) is 130 Å². The molecule has 2 saturated heterocycles. The zero-order chi connectivity index (χ0) is 56.9. The Morgan fingerprint density at radius 3 is 1.22 bits per heavy atom. The molecule has 10 aromatic rings. The van der Waals surface area contributed by atoms with E-state index in [0.29, 0.717) is 59.4 Å². The molecule has 2 unspecified atom stereocenters. The van der Waals surface area contributed by atoms with Gasteiger partial charge in [0.25, 0.3) is 0 Å². The van der Waals surface area contributed by atoms with Gasteiger partial charge in [-0.05, 0) is 162 Å². The summed E-state index contributed by atoms with van der Waals surface area (Å²) in [6, 6.07) is 23.8. The van der Waals surface area contributed by atoms with Gasteiger partial charge < -0.3 is 28.8 Å². The third-order valence-electron chi connectivity index (χ3n) is 18.5. The van der Waals surface area contributed by atoms with Gasteiger partial charge in [-0.15, -0.1) is 0 Å². The predicted octanol–water partition coefficient (Wildman–Crippen LogP) is 13.6. The number of ether oxygens (including phenoxy) is 2. The molecule has 8 heterocycles. The summed E-state index contributed by atoms with van der Waals surface area (Å²) in [4.78, 5) is 9.77. The molecule has 0 amide bonds. The van der Waals surface area contributed by atoms with Gasteiger partial charge >= 0.3 is 0 Å². The number of nitrogens with zero attached hydrogens (tertiary/aromatic N) is 8. The summed E-state index contributed by atoms with van der Waals surface area (Å²) in [7, 11) is 3.79. The summed E-state index contributed by atoms with van der Waals surface area (Å²) in [6.07, 6.45) is 13.8. The molecule has 2 aliphatic carbocycles. The second kappa shape index (κ2) is 20.9. The minimum Gasteiger partial charge on any atom is -0.385 e. The highest BCUT2D eigenvalue weighted by atomic mass is 19.1. The van der Waals surface area contributed by atoms with Gasteiger partial charge in [-0.2, -0.15) is 10.2 Å². The molecule has 2 saturated carbocycles. The maximum atomic E-state index is 15.8. The molecule has 4 atom stereocenters. The fourth-order valence-electron chi connectivity index (χ4n) is 13.8. The first-order valence-electron chi connectivity index (χ1n) is 28.9. The molecule has 4 aromatic carbocycles. The van der Waals surface area contributed by atoms with Crippen LogP contribution < -0.4 is 0 Å². The zero-order valence-electron chi connectivity index (χ0n) is 47.1. The number of aryl methyl sites for hydroxylation is 4. The fraction of sp³-hybridized carbons (Fsp3) is 0.394. The van der Waals surface area contributed by atoms with Gasteiger partial charge in [0.1, 0.15) is 23.3 Å². The molecule has 0 spiro atoms. The van der Waals surface area contributed by atoms with E-state index in [0.717, 1.165) is 107 Å². The summed E-state index contributed by atoms with van der Waals surface area (Å²) in [5, 5.41) is 33.1. The molecule has 12 nitrogen and oxygen atoms in total. The van der Waals surface area contributed by atoms with Crippen molar-refractivity contribution in [1.29, 1.82) is 0 Å². The Hall–Kier alpha value is -7.24. The van der Waals surface area contributed by atoms with Gasteiger partial charge in [-0.3, -0.25) is 19.3 Å². The fourth-order valence-corrected chi connectivity index (χ4v) is 13.8. The van der Waals surface area contributed by atoms with Crippen LogP contribution >= 0.6 is 0 Å². The largest absolute Gasteiger partial charge is 0.385 e. The molecule has 4 aliphatic rings. The van der Waals surface area contributed by atoms with Crippen molar-refractivity contribution < 1.29 is 37.2 Å². The molecule has 2 aliphatic heterocycles. The van der Waals surface area contributed by atoms with E-state index in [1.54, 1.807) is 50.5 Å². The molecule has 424 valence electrons. The van der Waals surface area contributed by atoms with Crippen LogP contribution in [0.1, 0.15) is 111 Å². The van der Waals surface area contributed by atoms with Gasteiger partial charge in [-0.1, -0.05) is 36.4 Å². The highest BCUT2D eigenvalue weighted by Crippen LogP contribution is 2.51. The van der Waals surface area contributed by atoms with Crippen LogP contribution in [0.5, 0.6) is 0 Å². The molecule has 16 heteroatoms. The van der Waals surface area contributed by atoms with E-state index in [9.17, 15) is 10.2 Å². The van der Waals surface area contributed by atoms with Gasteiger partial charge in [0.15, 0.2) is 0 Å². The van der Waals surface area contributed by atoms with Crippen molar-refractivity contribution >= 4 is 43.9 Å². The smallest absolute Gasteiger partial charge is 0.130 e. The van der Waals surface area contributed by atoms with Gasteiger partial charge in [0.05, 0.1) is 80.2 Å². The minimum absolute atomic E-state index is 0.0164. The second-order valence-electron chi connectivity index (χ2n) is 23.9. The van der Waals surface area contributed by atoms with Gasteiger partial charge in [-0.25, -0.2) is 17.6 Å². The van der Waals surface area contributed by atoms with Crippen LogP contribution in [0.15, 0.2) is 110 Å². The maximum absolute atomic E-state index is 15.8. The summed E-state index contributed by atoms with van der Waals surface area (Å²) < 4.78 is 82.3. The maximum Gasteiger partial charge on any atom is 0.130 e. The lowest BCUT2D eigenvalue weighted by Crippen LogP contribution is -2.28. The lowest BCUT2D eigenvalue weighted by atomic mass is 9.86. The van der Waals surface area contributed by atoms with Crippen molar-refractivity contribution in [2.24, 2.45) is 37.8 Å². The van der Waals surface area contributed by atoms with E-state index in [1.165, 1.54) is 24.3 Å². The van der Waals surface area contributed by atoms with Crippen molar-refractivity contribution in [1.82, 2.24) is 38.7 Å². The summed E-state index contributed by atoms with van der Waals surface area (Å²) >= 11 is 0. The predicted molar refractivity (Wildman–Crippen MR) is 309 cm³/mol. The number of halogens is 4. The average Bonchev–Trinajstić information content (AvgIpc) is 3.88. The Balaban J connectivity index is 0.000000154. The Morgan fingerprint density at radius 2 is 0.878 bits per heavy atom. The molecule has 0 radical (unpaired) electrons. The molecule has 2 N–H and O–H groups in total. The highest BCUT2D eigenvalue weighted by molar-refractivity contribution is 6.08. The van der Waals surface area contributed by atoms with E-state index < -0.39 is 22.8 Å². The Kier molecular flexibility index (Phi) is 13.8. The zero-order valence-corrected chi connectivity index (χ0v) is 47.1. The van der Waals surface area contributed by atoms with E-state index >= 15 is 17.6 Å². The third-order valence-corrected chi connectivity index (χ3v) is 18.5. The van der Waals surface area contributed by atoms with E-state index in [1.807, 2.05) is 74.0 Å². The van der Waals surface area contributed by atoms with Crippen molar-refractivity contribution in [3.63, 3.8) is 0 Å². The van der Waals surface area contributed by atoms with Crippen molar-refractivity contribution in [3.05, 3.63) is 166 Å². The van der Waals surface area contributed by atoms with Crippen molar-refractivity contribution in [2.75, 3.05) is 26.4 Å². The molecule has 4 fully saturated rings. The van der Waals surface area contributed by atoms with Crippen LogP contribution in [0.25, 0.3) is 66.4 Å². The van der Waals surface area contributed by atoms with Crippen LogP contribution in [-0.2, 0) is 34.8 Å². The number of aromatic nitrogens is 8. The summed E-state index contributed by atoms with van der Waals surface area (Å²) in [6.45, 7) is 9.82. The Labute approximate surface area is 473 Å². The summed E-state index contributed by atoms with van der Waals surface area (Å²) in [5.74, 6) is -1.26. The van der Waals surface area contributed by atoms with Crippen LogP contribution in [-0.4, -0.2) is 75.3 Å². The minimum atomic E-state index is -1.30. The van der Waals surface area contributed by atoms with Crippen LogP contribution in [0.3, 0.4) is 0 Å². The lowest BCUT2D eigenvalue weighted by molar-refractivity contribution is 0.0292. The van der Waals surface area contributed by atoms with Gasteiger partial charge in [0.2, 0.25) is 0 Å². The quantitative estimate of drug-likeness (QED) is 0.116. The third kappa shape index (κ3) is 9.30. The van der Waals surface area contributed by atoms with Crippen LogP contribution in [0.4, 0.5) is 17.6 Å². The van der Waals surface area contributed by atoms with Crippen molar-refractivity contribution in [2.45, 2.75) is 102 Å². The standard InChI is InChI=1S/2C33H34F2N4O2/c2*1-19-17-37-38(3)31(19)21-14-29-30(36-18-21)24-15-27(35)25(33(2,40)22-8-9-22)16-28(24)39(29)32(20-10-12-41-13-11-20)23-6-4-5-7-26(23)34/h2*4-7,14-18,20,22,32,40H,8-13H2,1-3H3/t2*32-,33?/m00/s1. The monoisotopic (exact) mass is 1110 g/mol. The molecular weight excluding hydrogens is 1040 g/mol. The average molecular weight is 1110 g/mol. The molecule has 6 aromatic heterocycles. The number of aliphatic hydroxyl groups is 2. The first-order chi connectivity index (χ1) is 39.5. The number of rotatable bonds is 12. The molecule has 14 rings (SSSR count). The first kappa shape index (κ1) is 54.0. The summed E-state index contributed by atoms with van der Waals surface area (Å²) in [5.41, 5.74) is 9.15. The van der Waals surface area contributed by atoms with Crippen LogP contribution in [0.2, 0.25) is 0 Å². The highest BCUT2D eigenvalue weighted by Gasteiger charge is 2.45. The number of fused-ring (bicyclic) bond motifs is 6. The number of hydrogen-bond donors (Lipinski definition) is 2. The van der Waals surface area contributed by atoms with E-state index in [-0.39, 0.29) is 58.5 Å². The number of hydrogen-bond acceptors (Lipinski definition) is 8. The second-order valence-corrected chi connectivity index (χ2v) is 23.9. The Bertz CT molecular complexity index is 3780. The molecular formula is C66H68F4N8O4. The van der Waals surface area contributed by atoms with Crippen LogP contribution in [0, 0.1) is 60.8 Å². The number of benzene rings is 4. The van der Waals surface area contributed by atoms with Crippen molar-refractivity contribution in [3.8, 4) is 22.5 Å².